The van der Waals surface area contributed by atoms with E-state index < -0.39 is 0 Å². The van der Waals surface area contributed by atoms with Crippen LogP contribution in [-0.4, -0.2) is 36.4 Å². The minimum atomic E-state index is -0.263. The minimum absolute atomic E-state index is 0.263. The molecule has 1 aromatic heterocycles. The van der Waals surface area contributed by atoms with E-state index in [1.165, 1.54) is 48.0 Å². The van der Waals surface area contributed by atoms with Gasteiger partial charge in [-0.15, -0.1) is 0 Å². The molecule has 33 heavy (non-hydrogen) atoms. The van der Waals surface area contributed by atoms with Crippen molar-refractivity contribution < 1.29 is 4.74 Å². The van der Waals surface area contributed by atoms with Crippen molar-refractivity contribution >= 4 is 53.7 Å². The second-order valence-electron chi connectivity index (χ2n) is 9.49. The third kappa shape index (κ3) is 3.95. The molecule has 8 heteroatoms. The maximum Gasteiger partial charge on any atom is 0.229 e. The van der Waals surface area contributed by atoms with E-state index in [2.05, 4.69) is 64.2 Å². The molecule has 2 N–H and O–H groups in total. The van der Waals surface area contributed by atoms with Crippen LogP contribution in [0.15, 0.2) is 42.6 Å². The molecule has 0 radical (unpaired) electrons. The van der Waals surface area contributed by atoms with E-state index in [0.717, 1.165) is 11.4 Å². The van der Waals surface area contributed by atoms with E-state index in [4.69, 9.17) is 21.3 Å². The Morgan fingerprint density at radius 2 is 1.79 bits per heavy atom. The molecule has 2 aliphatic heterocycles. The zero-order chi connectivity index (χ0) is 22.6. The van der Waals surface area contributed by atoms with Gasteiger partial charge in [-0.3, -0.25) is 0 Å². The Hall–Kier alpha value is -2.40. The van der Waals surface area contributed by atoms with Crippen molar-refractivity contribution in [3.63, 3.8) is 0 Å². The van der Waals surface area contributed by atoms with Crippen LogP contribution in [0, 0.1) is 5.41 Å². The number of halogens is 1. The number of rotatable bonds is 6. The van der Waals surface area contributed by atoms with E-state index in [-0.39, 0.29) is 7.92 Å². The summed E-state index contributed by atoms with van der Waals surface area (Å²) in [5.74, 6) is 1.11. The minimum Gasteiger partial charge on any atom is -0.372 e. The summed E-state index contributed by atoms with van der Waals surface area (Å²) in [5.41, 5.74) is 6.45. The lowest BCUT2D eigenvalue weighted by Gasteiger charge is -2.42. The highest BCUT2D eigenvalue weighted by Gasteiger charge is 2.52. The fourth-order valence-electron chi connectivity index (χ4n) is 4.83. The second kappa shape index (κ2) is 8.12. The lowest BCUT2D eigenvalue weighted by molar-refractivity contribution is 0.134. The third-order valence-electron chi connectivity index (χ3n) is 6.88. The van der Waals surface area contributed by atoms with Crippen molar-refractivity contribution in [1.82, 2.24) is 9.97 Å². The number of para-hydroxylation sites is 1. The summed E-state index contributed by atoms with van der Waals surface area (Å²) >= 11 is 6.45. The molecule has 6 rings (SSSR count). The van der Waals surface area contributed by atoms with E-state index in [1.807, 2.05) is 6.07 Å². The van der Waals surface area contributed by atoms with E-state index in [0.29, 0.717) is 35.4 Å². The van der Waals surface area contributed by atoms with Crippen molar-refractivity contribution in [2.45, 2.75) is 26.1 Å². The Morgan fingerprint density at radius 3 is 2.58 bits per heavy atom. The monoisotopic (exact) mass is 479 g/mol. The Morgan fingerprint density at radius 1 is 1.00 bits per heavy atom. The maximum atomic E-state index is 6.45. The van der Waals surface area contributed by atoms with Gasteiger partial charge in [-0.25, -0.2) is 4.98 Å². The Labute approximate surface area is 200 Å². The van der Waals surface area contributed by atoms with Crippen molar-refractivity contribution in [1.29, 1.82) is 0 Å². The van der Waals surface area contributed by atoms with Crippen LogP contribution in [0.5, 0.6) is 0 Å². The number of nitrogens with zero attached hydrogens (tertiary/aromatic N) is 3. The second-order valence-corrected chi connectivity index (χ2v) is 12.2. The molecule has 3 heterocycles. The van der Waals surface area contributed by atoms with Gasteiger partial charge in [0.05, 0.1) is 19.4 Å². The summed E-state index contributed by atoms with van der Waals surface area (Å²) in [4.78, 5) is 11.6. The molecule has 2 aromatic carbocycles. The molecule has 0 bridgehead atoms. The summed E-state index contributed by atoms with van der Waals surface area (Å²) in [5, 5.41) is 8.59. The van der Waals surface area contributed by atoms with Gasteiger partial charge in [0.15, 0.2) is 5.82 Å². The zero-order valence-corrected chi connectivity index (χ0v) is 20.5. The van der Waals surface area contributed by atoms with Crippen molar-refractivity contribution in [2.24, 2.45) is 5.41 Å². The number of aromatic nitrogens is 2. The fraction of sp³-hybridized carbons (Fsp3) is 0.360. The smallest absolute Gasteiger partial charge is 0.229 e. The highest BCUT2D eigenvalue weighted by Crippen LogP contribution is 2.55. The number of fused-ring (bicyclic) bond motifs is 1. The molecule has 3 aliphatic rings. The van der Waals surface area contributed by atoms with Crippen LogP contribution in [0.3, 0.4) is 0 Å². The Kier molecular flexibility index (Phi) is 5.21. The summed E-state index contributed by atoms with van der Waals surface area (Å²) in [6, 6.07) is 12.6. The number of anilines is 5. The molecular formula is C25H27ClN5OP. The first-order valence-electron chi connectivity index (χ1n) is 11.3. The maximum absolute atomic E-state index is 6.45. The number of ether oxygens (including phenoxy) is 1. The summed E-state index contributed by atoms with van der Waals surface area (Å²) in [7, 11) is -0.263. The molecule has 2 fully saturated rings. The molecule has 1 spiro atoms. The Bertz CT molecular complexity index is 1220. The number of hydrogen-bond donors (Lipinski definition) is 2. The van der Waals surface area contributed by atoms with Gasteiger partial charge in [0.1, 0.15) is 5.02 Å². The standard InChI is InChI=1S/C25H27ClN5OP/c1-33(2)22-6-4-3-5-20(22)28-23-18(26)11-27-24(30-23)29-19-7-8-21(17-13-32-12-16(17)19)31-14-25(15-31)9-10-25/h3-8,11H,9-10,12-15H2,1-2H3,(H2,27,28,29,30). The van der Waals surface area contributed by atoms with Crippen molar-refractivity contribution in [2.75, 3.05) is 42.0 Å². The summed E-state index contributed by atoms with van der Waals surface area (Å²) in [6.45, 7) is 8.10. The van der Waals surface area contributed by atoms with Crippen LogP contribution in [-0.2, 0) is 18.0 Å². The van der Waals surface area contributed by atoms with Crippen LogP contribution in [0.25, 0.3) is 0 Å². The first kappa shape index (κ1) is 21.2. The van der Waals surface area contributed by atoms with Crippen LogP contribution in [0.4, 0.5) is 28.8 Å². The predicted octanol–water partition coefficient (Wildman–Crippen LogP) is 5.61. The largest absolute Gasteiger partial charge is 0.372 e. The van der Waals surface area contributed by atoms with E-state index >= 15 is 0 Å². The Balaban J connectivity index is 1.26. The molecule has 0 unspecified atom stereocenters. The van der Waals surface area contributed by atoms with Gasteiger partial charge in [-0.2, -0.15) is 4.98 Å². The molecule has 170 valence electrons. The normalized spacial score (nSPS) is 17.8. The first-order chi connectivity index (χ1) is 16.0. The van der Waals surface area contributed by atoms with Gasteiger partial charge in [-0.1, -0.05) is 37.7 Å². The van der Waals surface area contributed by atoms with Crippen molar-refractivity contribution in [3.05, 3.63) is 58.7 Å². The third-order valence-corrected chi connectivity index (χ3v) is 8.51. The number of benzene rings is 2. The summed E-state index contributed by atoms with van der Waals surface area (Å²) in [6.07, 6.45) is 4.41. The molecule has 6 nitrogen and oxygen atoms in total. The van der Waals surface area contributed by atoms with Crippen molar-refractivity contribution in [3.8, 4) is 0 Å². The predicted molar refractivity (Wildman–Crippen MR) is 137 cm³/mol. The molecule has 0 amide bonds. The molecule has 0 atom stereocenters. The molecule has 1 saturated heterocycles. The van der Waals surface area contributed by atoms with Gasteiger partial charge in [-0.05, 0) is 49.7 Å². The molecular weight excluding hydrogens is 453 g/mol. The van der Waals surface area contributed by atoms with Gasteiger partial charge >= 0.3 is 0 Å². The van der Waals surface area contributed by atoms with Crippen LogP contribution in [0.2, 0.25) is 5.02 Å². The van der Waals surface area contributed by atoms with Gasteiger partial charge < -0.3 is 20.3 Å². The van der Waals surface area contributed by atoms with Gasteiger partial charge in [0.25, 0.3) is 0 Å². The van der Waals surface area contributed by atoms with Gasteiger partial charge in [0, 0.05) is 46.7 Å². The quantitative estimate of drug-likeness (QED) is 0.448. The molecule has 3 aromatic rings. The first-order valence-corrected chi connectivity index (χ1v) is 13.9. The lowest BCUT2D eigenvalue weighted by atomic mass is 9.94. The fourth-order valence-corrected chi connectivity index (χ4v) is 5.97. The summed E-state index contributed by atoms with van der Waals surface area (Å²) < 4.78 is 5.84. The van der Waals surface area contributed by atoms with E-state index in [1.54, 1.807) is 6.20 Å². The van der Waals surface area contributed by atoms with E-state index in [9.17, 15) is 0 Å². The topological polar surface area (TPSA) is 62.3 Å². The number of nitrogens with one attached hydrogen (secondary N) is 2. The average molecular weight is 480 g/mol. The molecule has 1 aliphatic carbocycles. The van der Waals surface area contributed by atoms with Crippen LogP contribution >= 0.6 is 19.5 Å². The molecule has 1 saturated carbocycles. The van der Waals surface area contributed by atoms with Crippen LogP contribution < -0.4 is 20.8 Å². The SMILES string of the molecule is CP(C)c1ccccc1Nc1nc(Nc2ccc(N3CC4(CC4)C3)c3c2COC3)ncc1Cl. The lowest BCUT2D eigenvalue weighted by Crippen LogP contribution is -2.48. The van der Waals surface area contributed by atoms with Crippen LogP contribution in [0.1, 0.15) is 24.0 Å². The highest BCUT2D eigenvalue weighted by molar-refractivity contribution is 7.64. The number of hydrogen-bond acceptors (Lipinski definition) is 6. The zero-order valence-electron chi connectivity index (χ0n) is 18.9. The van der Waals surface area contributed by atoms with Gasteiger partial charge in [0.2, 0.25) is 5.95 Å². The average Bonchev–Trinajstić information content (AvgIpc) is 3.43. The highest BCUT2D eigenvalue weighted by atomic mass is 35.5.